The molecule has 0 unspecified atom stereocenters. The number of hydrogen-bond donors (Lipinski definition) is 1. The Labute approximate surface area is 153 Å². The highest BCUT2D eigenvalue weighted by atomic mass is 16.5. The monoisotopic (exact) mass is 349 g/mol. The zero-order chi connectivity index (χ0) is 17.9. The number of nitrogens with zero attached hydrogens (tertiary/aromatic N) is 3. The van der Waals surface area contributed by atoms with E-state index in [0.29, 0.717) is 17.1 Å². The lowest BCUT2D eigenvalue weighted by atomic mass is 10.1. The van der Waals surface area contributed by atoms with Crippen LogP contribution in [-0.4, -0.2) is 35.3 Å². The van der Waals surface area contributed by atoms with E-state index >= 15 is 0 Å². The van der Waals surface area contributed by atoms with Gasteiger partial charge in [0.15, 0.2) is 17.3 Å². The van der Waals surface area contributed by atoms with E-state index in [1.165, 1.54) is 25.7 Å². The number of phenolic OH excluding ortho intramolecular Hbond substituents is 1. The van der Waals surface area contributed by atoms with Crippen molar-refractivity contribution < 1.29 is 9.84 Å². The van der Waals surface area contributed by atoms with Gasteiger partial charge in [-0.3, -0.25) is 0 Å². The average molecular weight is 349 g/mol. The molecular weight excluding hydrogens is 326 g/mol. The molecule has 0 spiro atoms. The number of benzene rings is 2. The zero-order valence-electron chi connectivity index (χ0n) is 15.0. The van der Waals surface area contributed by atoms with Crippen LogP contribution in [0.15, 0.2) is 42.5 Å². The number of rotatable bonds is 3. The second kappa shape index (κ2) is 7.20. The Hall–Kier alpha value is -2.82. The molecule has 1 saturated heterocycles. The largest absolute Gasteiger partial charge is 0.504 e. The molecule has 26 heavy (non-hydrogen) atoms. The number of aromatic hydroxyl groups is 1. The second-order valence-electron chi connectivity index (χ2n) is 6.65. The highest BCUT2D eigenvalue weighted by molar-refractivity contribution is 5.91. The first kappa shape index (κ1) is 16.6. The number of anilines is 1. The van der Waals surface area contributed by atoms with Crippen LogP contribution >= 0.6 is 0 Å². The van der Waals surface area contributed by atoms with Gasteiger partial charge < -0.3 is 14.7 Å². The van der Waals surface area contributed by atoms with Crippen molar-refractivity contribution in [2.45, 2.75) is 25.7 Å². The molecule has 1 N–H and O–H groups in total. The maximum absolute atomic E-state index is 10.5. The van der Waals surface area contributed by atoms with Crippen LogP contribution in [-0.2, 0) is 0 Å². The fourth-order valence-corrected chi connectivity index (χ4v) is 3.57. The summed E-state index contributed by atoms with van der Waals surface area (Å²) in [6, 6.07) is 13.5. The Bertz CT molecular complexity index is 918. The number of aromatic nitrogens is 2. The van der Waals surface area contributed by atoms with E-state index in [0.717, 1.165) is 29.8 Å². The standard InChI is InChI=1S/C21H23N3O2/c1-26-18-12-8-10-16(19(18)25)20-22-17-11-5-4-9-15(17)21(23-20)24-13-6-2-3-7-14-24/h4-5,8-12,25H,2-3,6-7,13-14H2,1H3. The topological polar surface area (TPSA) is 58.5 Å². The Morgan fingerprint density at radius 2 is 1.69 bits per heavy atom. The summed E-state index contributed by atoms with van der Waals surface area (Å²) in [5.74, 6) is 1.98. The molecule has 0 saturated carbocycles. The summed E-state index contributed by atoms with van der Waals surface area (Å²) in [5, 5.41) is 11.6. The van der Waals surface area contributed by atoms with Gasteiger partial charge in [0.25, 0.3) is 0 Å². The van der Waals surface area contributed by atoms with Gasteiger partial charge in [-0.25, -0.2) is 9.97 Å². The van der Waals surface area contributed by atoms with Crippen molar-refractivity contribution in [1.82, 2.24) is 9.97 Å². The van der Waals surface area contributed by atoms with Gasteiger partial charge in [0.2, 0.25) is 0 Å². The third-order valence-corrected chi connectivity index (χ3v) is 4.95. The molecule has 1 aromatic heterocycles. The fourth-order valence-electron chi connectivity index (χ4n) is 3.57. The summed E-state index contributed by atoms with van der Waals surface area (Å²) in [7, 11) is 1.54. The second-order valence-corrected chi connectivity index (χ2v) is 6.65. The van der Waals surface area contributed by atoms with Crippen LogP contribution < -0.4 is 9.64 Å². The summed E-state index contributed by atoms with van der Waals surface area (Å²) < 4.78 is 5.24. The molecule has 0 atom stereocenters. The average Bonchev–Trinajstić information content (AvgIpc) is 2.97. The van der Waals surface area contributed by atoms with Crippen molar-refractivity contribution in [1.29, 1.82) is 0 Å². The molecule has 0 bridgehead atoms. The Kier molecular flexibility index (Phi) is 4.61. The van der Waals surface area contributed by atoms with E-state index in [4.69, 9.17) is 14.7 Å². The summed E-state index contributed by atoms with van der Waals surface area (Å²) in [5.41, 5.74) is 1.48. The zero-order valence-corrected chi connectivity index (χ0v) is 15.0. The van der Waals surface area contributed by atoms with Crippen LogP contribution in [0, 0.1) is 0 Å². The summed E-state index contributed by atoms with van der Waals surface area (Å²) >= 11 is 0. The lowest BCUT2D eigenvalue weighted by molar-refractivity contribution is 0.374. The summed E-state index contributed by atoms with van der Waals surface area (Å²) in [6.07, 6.45) is 4.89. The van der Waals surface area contributed by atoms with Crippen LogP contribution in [0.25, 0.3) is 22.3 Å². The molecule has 0 aliphatic carbocycles. The minimum Gasteiger partial charge on any atom is -0.504 e. The smallest absolute Gasteiger partial charge is 0.168 e. The van der Waals surface area contributed by atoms with Crippen LogP contribution in [0.1, 0.15) is 25.7 Å². The van der Waals surface area contributed by atoms with Gasteiger partial charge in [-0.2, -0.15) is 0 Å². The number of para-hydroxylation sites is 2. The van der Waals surface area contributed by atoms with Crippen molar-refractivity contribution in [3.05, 3.63) is 42.5 Å². The van der Waals surface area contributed by atoms with Gasteiger partial charge in [0.1, 0.15) is 5.82 Å². The number of fused-ring (bicyclic) bond motifs is 1. The first-order valence-electron chi connectivity index (χ1n) is 9.16. The van der Waals surface area contributed by atoms with Crippen molar-refractivity contribution in [3.8, 4) is 22.9 Å². The molecule has 3 aromatic rings. The molecular formula is C21H23N3O2. The minimum absolute atomic E-state index is 0.0760. The first-order chi connectivity index (χ1) is 12.8. The number of hydrogen-bond acceptors (Lipinski definition) is 5. The molecule has 1 fully saturated rings. The molecule has 2 heterocycles. The van der Waals surface area contributed by atoms with E-state index in [1.807, 2.05) is 30.3 Å². The summed E-state index contributed by atoms with van der Waals surface area (Å²) in [6.45, 7) is 2.01. The molecule has 1 aliphatic rings. The molecule has 0 radical (unpaired) electrons. The van der Waals surface area contributed by atoms with Crippen LogP contribution in [0.2, 0.25) is 0 Å². The number of phenols is 1. The first-order valence-corrected chi connectivity index (χ1v) is 9.16. The van der Waals surface area contributed by atoms with Crippen LogP contribution in [0.4, 0.5) is 5.82 Å². The minimum atomic E-state index is 0.0760. The van der Waals surface area contributed by atoms with Crippen molar-refractivity contribution in [2.75, 3.05) is 25.1 Å². The number of ether oxygens (including phenoxy) is 1. The molecule has 0 amide bonds. The van der Waals surface area contributed by atoms with Crippen LogP contribution in [0.3, 0.4) is 0 Å². The van der Waals surface area contributed by atoms with Gasteiger partial charge in [-0.05, 0) is 37.1 Å². The molecule has 4 rings (SSSR count). The molecule has 5 nitrogen and oxygen atoms in total. The maximum Gasteiger partial charge on any atom is 0.168 e. The van der Waals surface area contributed by atoms with E-state index < -0.39 is 0 Å². The lowest BCUT2D eigenvalue weighted by Gasteiger charge is -2.23. The van der Waals surface area contributed by atoms with E-state index in [-0.39, 0.29) is 5.75 Å². The van der Waals surface area contributed by atoms with Gasteiger partial charge in [-0.1, -0.05) is 31.0 Å². The predicted molar refractivity (Wildman–Crippen MR) is 104 cm³/mol. The van der Waals surface area contributed by atoms with Gasteiger partial charge >= 0.3 is 0 Å². The molecule has 134 valence electrons. The van der Waals surface area contributed by atoms with Crippen LogP contribution in [0.5, 0.6) is 11.5 Å². The van der Waals surface area contributed by atoms with Crippen molar-refractivity contribution in [3.63, 3.8) is 0 Å². The molecule has 1 aliphatic heterocycles. The molecule has 2 aromatic carbocycles. The summed E-state index contributed by atoms with van der Waals surface area (Å²) in [4.78, 5) is 11.9. The van der Waals surface area contributed by atoms with Crippen molar-refractivity contribution >= 4 is 16.7 Å². The SMILES string of the molecule is COc1cccc(-c2nc(N3CCCCCC3)c3ccccc3n2)c1O. The van der Waals surface area contributed by atoms with Crippen molar-refractivity contribution in [2.24, 2.45) is 0 Å². The number of methoxy groups -OCH3 is 1. The highest BCUT2D eigenvalue weighted by Gasteiger charge is 2.19. The highest BCUT2D eigenvalue weighted by Crippen LogP contribution is 2.37. The quantitative estimate of drug-likeness (QED) is 0.760. The van der Waals surface area contributed by atoms with Gasteiger partial charge in [0.05, 0.1) is 18.2 Å². The normalized spacial score (nSPS) is 15.0. The van der Waals surface area contributed by atoms with Gasteiger partial charge in [-0.15, -0.1) is 0 Å². The van der Waals surface area contributed by atoms with E-state index in [1.54, 1.807) is 13.2 Å². The Morgan fingerprint density at radius 1 is 0.923 bits per heavy atom. The maximum atomic E-state index is 10.5. The Morgan fingerprint density at radius 3 is 2.46 bits per heavy atom. The fraction of sp³-hybridized carbons (Fsp3) is 0.333. The van der Waals surface area contributed by atoms with E-state index in [2.05, 4.69) is 11.0 Å². The molecule has 5 heteroatoms. The predicted octanol–water partition coefficient (Wildman–Crippen LogP) is 4.39. The third kappa shape index (κ3) is 3.05. The third-order valence-electron chi connectivity index (χ3n) is 4.95. The van der Waals surface area contributed by atoms with Gasteiger partial charge in [0, 0.05) is 18.5 Å². The van der Waals surface area contributed by atoms with E-state index in [9.17, 15) is 5.11 Å². The lowest BCUT2D eigenvalue weighted by Crippen LogP contribution is -2.25. The Balaban J connectivity index is 1.89.